The zero-order valence-corrected chi connectivity index (χ0v) is 15.5. The summed E-state index contributed by atoms with van der Waals surface area (Å²) < 4.78 is 5.34. The lowest BCUT2D eigenvalue weighted by Crippen LogP contribution is -2.27. The van der Waals surface area contributed by atoms with Crippen molar-refractivity contribution < 1.29 is 19.4 Å². The Morgan fingerprint density at radius 3 is 2.62 bits per heavy atom. The number of carbonyl (C=O) groups excluding carboxylic acids is 2. The quantitative estimate of drug-likeness (QED) is 0.752. The Labute approximate surface area is 160 Å². The van der Waals surface area contributed by atoms with Crippen LogP contribution in [0.1, 0.15) is 18.1 Å². The molecule has 0 saturated carbocycles. The molecule has 7 heteroatoms. The van der Waals surface area contributed by atoms with Crippen molar-refractivity contribution in [1.29, 1.82) is 0 Å². The van der Waals surface area contributed by atoms with Gasteiger partial charge in [-0.25, -0.2) is 0 Å². The van der Waals surface area contributed by atoms with E-state index in [1.165, 1.54) is 11.0 Å². The molecule has 1 fully saturated rings. The maximum absolute atomic E-state index is 12.6. The fourth-order valence-electron chi connectivity index (χ4n) is 2.48. The minimum Gasteiger partial charge on any atom is -0.504 e. The van der Waals surface area contributed by atoms with E-state index in [9.17, 15) is 14.7 Å². The van der Waals surface area contributed by atoms with Crippen molar-refractivity contribution >= 4 is 40.6 Å². The van der Waals surface area contributed by atoms with Crippen LogP contribution in [0, 0.1) is 0 Å². The van der Waals surface area contributed by atoms with Gasteiger partial charge in [0.05, 0.1) is 18.1 Å². The van der Waals surface area contributed by atoms with Crippen molar-refractivity contribution in [2.45, 2.75) is 13.5 Å². The van der Waals surface area contributed by atoms with Gasteiger partial charge in [0.25, 0.3) is 11.1 Å². The molecule has 2 amide bonds. The second-order valence-corrected chi connectivity index (χ2v) is 6.95. The van der Waals surface area contributed by atoms with Crippen LogP contribution < -0.4 is 4.74 Å². The lowest BCUT2D eigenvalue weighted by atomic mass is 10.1. The van der Waals surface area contributed by atoms with Gasteiger partial charge >= 0.3 is 0 Å². The molecule has 2 aromatic carbocycles. The molecule has 5 nitrogen and oxygen atoms in total. The predicted molar refractivity (Wildman–Crippen MR) is 102 cm³/mol. The number of nitrogens with zero attached hydrogens (tertiary/aromatic N) is 1. The molecule has 1 aliphatic rings. The summed E-state index contributed by atoms with van der Waals surface area (Å²) in [4.78, 5) is 26.2. The minimum absolute atomic E-state index is 0.0566. The van der Waals surface area contributed by atoms with Gasteiger partial charge in [-0.3, -0.25) is 14.5 Å². The van der Waals surface area contributed by atoms with Crippen LogP contribution in [0.2, 0.25) is 5.02 Å². The summed E-state index contributed by atoms with van der Waals surface area (Å²) in [5.74, 6) is -0.114. The molecule has 2 aromatic rings. The summed E-state index contributed by atoms with van der Waals surface area (Å²) in [6, 6.07) is 12.0. The van der Waals surface area contributed by atoms with E-state index >= 15 is 0 Å². The molecule has 1 saturated heterocycles. The molecule has 0 aliphatic carbocycles. The smallest absolute Gasteiger partial charge is 0.293 e. The summed E-state index contributed by atoms with van der Waals surface area (Å²) in [7, 11) is 0. The van der Waals surface area contributed by atoms with E-state index in [4.69, 9.17) is 16.3 Å². The largest absolute Gasteiger partial charge is 0.504 e. The van der Waals surface area contributed by atoms with Crippen molar-refractivity contribution in [2.75, 3.05) is 6.61 Å². The van der Waals surface area contributed by atoms with E-state index < -0.39 is 5.91 Å². The van der Waals surface area contributed by atoms with Crippen molar-refractivity contribution in [3.8, 4) is 11.5 Å². The fourth-order valence-corrected chi connectivity index (χ4v) is 3.43. The third kappa shape index (κ3) is 3.86. The first kappa shape index (κ1) is 18.4. The zero-order chi connectivity index (χ0) is 18.7. The number of carbonyl (C=O) groups is 2. The molecule has 134 valence electrons. The van der Waals surface area contributed by atoms with E-state index in [-0.39, 0.29) is 22.4 Å². The number of hydrogen-bond donors (Lipinski definition) is 1. The number of hydrogen-bond acceptors (Lipinski definition) is 5. The molecule has 0 aromatic heterocycles. The summed E-state index contributed by atoms with van der Waals surface area (Å²) in [5.41, 5.74) is 1.23. The van der Waals surface area contributed by atoms with E-state index in [0.717, 1.165) is 17.3 Å². The number of thioether (sulfide) groups is 1. The van der Waals surface area contributed by atoms with Gasteiger partial charge in [0.15, 0.2) is 11.5 Å². The van der Waals surface area contributed by atoms with Gasteiger partial charge in [0.2, 0.25) is 0 Å². The van der Waals surface area contributed by atoms with Crippen LogP contribution in [0.25, 0.3) is 6.08 Å². The van der Waals surface area contributed by atoms with Gasteiger partial charge < -0.3 is 9.84 Å². The maximum Gasteiger partial charge on any atom is 0.293 e. The normalized spacial score (nSPS) is 15.8. The van der Waals surface area contributed by atoms with Crippen LogP contribution in [0.4, 0.5) is 4.79 Å². The number of phenols is 1. The molecule has 1 heterocycles. The molecule has 3 rings (SSSR count). The number of rotatable bonds is 5. The molecular formula is C19H16ClNO4S. The number of benzene rings is 2. The first-order valence-electron chi connectivity index (χ1n) is 7.94. The number of para-hydroxylation sites is 1. The SMILES string of the molecule is CCOc1cccc(C=C2SC(=O)N(Cc3ccc(Cl)cc3)C2=O)c1O. The lowest BCUT2D eigenvalue weighted by Gasteiger charge is -2.12. The highest BCUT2D eigenvalue weighted by atomic mass is 35.5. The van der Waals surface area contributed by atoms with Crippen molar-refractivity contribution in [2.24, 2.45) is 0 Å². The summed E-state index contributed by atoms with van der Waals surface area (Å²) >= 11 is 6.70. The number of imide groups is 1. The Bertz CT molecular complexity index is 880. The third-order valence-electron chi connectivity index (χ3n) is 3.74. The molecule has 0 bridgehead atoms. The molecule has 0 atom stereocenters. The average molecular weight is 390 g/mol. The van der Waals surface area contributed by atoms with Crippen molar-refractivity contribution in [3.63, 3.8) is 0 Å². The van der Waals surface area contributed by atoms with Gasteiger partial charge in [-0.05, 0) is 48.5 Å². The molecule has 0 unspecified atom stereocenters. The van der Waals surface area contributed by atoms with Gasteiger partial charge in [-0.15, -0.1) is 0 Å². The number of amides is 2. The highest BCUT2D eigenvalue weighted by Gasteiger charge is 2.35. The van der Waals surface area contributed by atoms with Crippen molar-refractivity contribution in [1.82, 2.24) is 4.90 Å². The van der Waals surface area contributed by atoms with Gasteiger partial charge in [0, 0.05) is 10.6 Å². The maximum atomic E-state index is 12.6. The minimum atomic E-state index is -0.392. The van der Waals surface area contributed by atoms with E-state index in [1.807, 2.05) is 6.92 Å². The third-order valence-corrected chi connectivity index (χ3v) is 4.90. The Morgan fingerprint density at radius 1 is 1.19 bits per heavy atom. The topological polar surface area (TPSA) is 66.8 Å². The van der Waals surface area contributed by atoms with Crippen LogP contribution in [-0.4, -0.2) is 27.8 Å². The summed E-state index contributed by atoms with van der Waals surface area (Å²) in [6.45, 7) is 2.40. The molecule has 0 radical (unpaired) electrons. The van der Waals surface area contributed by atoms with Gasteiger partial charge in [0.1, 0.15) is 0 Å². The van der Waals surface area contributed by atoms with E-state index in [2.05, 4.69) is 0 Å². The molecule has 1 aliphatic heterocycles. The predicted octanol–water partition coefficient (Wildman–Crippen LogP) is 4.68. The molecule has 0 spiro atoms. The summed E-state index contributed by atoms with van der Waals surface area (Å²) in [5, 5.41) is 10.5. The molecule has 1 N–H and O–H groups in total. The first-order chi connectivity index (χ1) is 12.5. The number of phenolic OH excluding ortho intramolecular Hbond substituents is 1. The Morgan fingerprint density at radius 2 is 1.92 bits per heavy atom. The van der Waals surface area contributed by atoms with Crippen LogP contribution in [0.15, 0.2) is 47.4 Å². The van der Waals surface area contributed by atoms with E-state index in [0.29, 0.717) is 22.9 Å². The second-order valence-electron chi connectivity index (χ2n) is 5.52. The highest BCUT2D eigenvalue weighted by molar-refractivity contribution is 8.18. The van der Waals surface area contributed by atoms with Crippen LogP contribution in [-0.2, 0) is 11.3 Å². The van der Waals surface area contributed by atoms with Gasteiger partial charge in [-0.2, -0.15) is 0 Å². The zero-order valence-electron chi connectivity index (χ0n) is 13.9. The van der Waals surface area contributed by atoms with Crippen LogP contribution in [0.5, 0.6) is 11.5 Å². The number of ether oxygens (including phenoxy) is 1. The monoisotopic (exact) mass is 389 g/mol. The Kier molecular flexibility index (Phi) is 5.54. The first-order valence-corrected chi connectivity index (χ1v) is 9.13. The van der Waals surface area contributed by atoms with Crippen molar-refractivity contribution in [3.05, 3.63) is 63.5 Å². The Hall–Kier alpha value is -2.44. The fraction of sp³-hybridized carbons (Fsp3) is 0.158. The lowest BCUT2D eigenvalue weighted by molar-refractivity contribution is -0.123. The van der Waals surface area contributed by atoms with Gasteiger partial charge in [-0.1, -0.05) is 35.9 Å². The standard InChI is InChI=1S/C19H16ClNO4S/c1-2-25-15-5-3-4-13(17(15)22)10-16-18(23)21(19(24)26-16)11-12-6-8-14(20)9-7-12/h3-10,22H,2,11H2,1H3. The second kappa shape index (κ2) is 7.85. The number of aromatic hydroxyl groups is 1. The van der Waals surface area contributed by atoms with E-state index in [1.54, 1.807) is 42.5 Å². The average Bonchev–Trinajstić information content (AvgIpc) is 2.88. The van der Waals surface area contributed by atoms with Crippen LogP contribution in [0.3, 0.4) is 0 Å². The molecular weight excluding hydrogens is 374 g/mol. The molecule has 26 heavy (non-hydrogen) atoms. The highest BCUT2D eigenvalue weighted by Crippen LogP contribution is 2.37. The van der Waals surface area contributed by atoms with Crippen LogP contribution >= 0.6 is 23.4 Å². The Balaban J connectivity index is 1.83. The number of halogens is 1. The summed E-state index contributed by atoms with van der Waals surface area (Å²) in [6.07, 6.45) is 1.50.